The first-order chi connectivity index (χ1) is 22.0. The van der Waals surface area contributed by atoms with Gasteiger partial charge in [-0.2, -0.15) is 10.2 Å². The Labute approximate surface area is 282 Å². The van der Waals surface area contributed by atoms with E-state index in [0.29, 0.717) is 15.9 Å². The van der Waals surface area contributed by atoms with Crippen LogP contribution < -0.4 is 9.62 Å². The predicted molar refractivity (Wildman–Crippen MR) is 180 cm³/mol. The molecule has 1 amide bonds. The zero-order valence-corrected chi connectivity index (χ0v) is 29.3. The van der Waals surface area contributed by atoms with E-state index in [2.05, 4.69) is 35.8 Å². The quantitative estimate of drug-likeness (QED) is 0.192. The second kappa shape index (κ2) is 14.2. The van der Waals surface area contributed by atoms with Gasteiger partial charge in [0.25, 0.3) is 0 Å². The highest BCUT2D eigenvalue weighted by Gasteiger charge is 2.43. The van der Waals surface area contributed by atoms with Crippen molar-refractivity contribution < 1.29 is 27.9 Å². The van der Waals surface area contributed by atoms with E-state index in [9.17, 15) is 23.1 Å². The smallest absolute Gasteiger partial charge is 0.416 e. The zero-order chi connectivity index (χ0) is 34.6. The fourth-order valence-electron chi connectivity index (χ4n) is 4.73. The van der Waals surface area contributed by atoms with E-state index in [1.807, 2.05) is 30.3 Å². The van der Waals surface area contributed by atoms with Gasteiger partial charge in [-0.05, 0) is 78.5 Å². The number of carbonyl (C=O) groups excluding carboxylic acids is 1. The Bertz CT molecular complexity index is 1810. The minimum Gasteiger partial charge on any atom is -0.480 e. The number of carboxylic acid groups (broad SMARTS) is 1. The summed E-state index contributed by atoms with van der Waals surface area (Å²) in [6, 6.07) is 16.5. The fourth-order valence-corrected chi connectivity index (χ4v) is 6.39. The first-order valence-electron chi connectivity index (χ1n) is 14.7. The van der Waals surface area contributed by atoms with Crippen LogP contribution >= 0.6 is 15.9 Å². The number of aliphatic carboxylic acids is 1. The second-order valence-corrected chi connectivity index (χ2v) is 15.4. The van der Waals surface area contributed by atoms with E-state index in [1.165, 1.54) is 30.6 Å². The lowest BCUT2D eigenvalue weighted by Crippen LogP contribution is -2.54. The summed E-state index contributed by atoms with van der Waals surface area (Å²) in [4.78, 5) is 35.8. The molecule has 4 aromatic rings. The third kappa shape index (κ3) is 9.18. The molecular formula is C33H37BrN6O6S. The Morgan fingerprint density at radius 1 is 0.957 bits per heavy atom. The molecule has 0 saturated heterocycles. The highest BCUT2D eigenvalue weighted by atomic mass is 79.9. The molecule has 248 valence electrons. The van der Waals surface area contributed by atoms with E-state index >= 15 is 0 Å². The number of sulfonamides is 1. The number of hydrogen-bond acceptors (Lipinski definition) is 9. The summed E-state index contributed by atoms with van der Waals surface area (Å²) < 4.78 is 35.9. The molecule has 0 radical (unpaired) electrons. The maximum atomic E-state index is 13.6. The Morgan fingerprint density at radius 2 is 1.66 bits per heavy atom. The van der Waals surface area contributed by atoms with Crippen LogP contribution in [0, 0.1) is 5.41 Å². The summed E-state index contributed by atoms with van der Waals surface area (Å²) >= 11 is 3.49. The van der Waals surface area contributed by atoms with Gasteiger partial charge in [0.2, 0.25) is 10.0 Å². The van der Waals surface area contributed by atoms with Crippen LogP contribution in [0.4, 0.5) is 10.6 Å². The molecule has 0 aliphatic heterocycles. The van der Waals surface area contributed by atoms with Gasteiger partial charge in [-0.25, -0.2) is 32.6 Å². The molecule has 0 aliphatic rings. The molecule has 1 aromatic carbocycles. The van der Waals surface area contributed by atoms with Crippen molar-refractivity contribution in [2.75, 3.05) is 4.90 Å². The van der Waals surface area contributed by atoms with Crippen LogP contribution in [0.15, 0.2) is 88.5 Å². The van der Waals surface area contributed by atoms with Gasteiger partial charge in [-0.3, -0.25) is 4.98 Å². The summed E-state index contributed by atoms with van der Waals surface area (Å²) in [7, 11) is -4.14. The Hall–Kier alpha value is -4.27. The minimum atomic E-state index is -4.14. The van der Waals surface area contributed by atoms with Gasteiger partial charge < -0.3 is 9.84 Å². The topological polar surface area (TPSA) is 165 Å². The Balaban J connectivity index is 1.83. The largest absolute Gasteiger partial charge is 0.480 e. The number of benzene rings is 1. The number of rotatable bonds is 10. The van der Waals surface area contributed by atoms with Gasteiger partial charge in [-0.15, -0.1) is 0 Å². The lowest BCUT2D eigenvalue weighted by molar-refractivity contribution is -0.141. The van der Waals surface area contributed by atoms with Crippen molar-refractivity contribution in [3.05, 3.63) is 95.0 Å². The highest BCUT2D eigenvalue weighted by Crippen LogP contribution is 2.34. The van der Waals surface area contributed by atoms with Gasteiger partial charge in [0.1, 0.15) is 22.4 Å². The zero-order valence-electron chi connectivity index (χ0n) is 26.9. The molecule has 0 fully saturated rings. The predicted octanol–water partition coefficient (Wildman–Crippen LogP) is 6.20. The molecule has 0 bridgehead atoms. The Morgan fingerprint density at radius 3 is 2.21 bits per heavy atom. The van der Waals surface area contributed by atoms with Gasteiger partial charge in [-0.1, -0.05) is 51.1 Å². The lowest BCUT2D eigenvalue weighted by atomic mass is 9.85. The fraction of sp³-hybridized carbons (Fsp3) is 0.333. The molecule has 14 heteroatoms. The number of hydrogen-bond donors (Lipinski definition) is 2. The van der Waals surface area contributed by atoms with Crippen LogP contribution in [0.25, 0.3) is 11.3 Å². The van der Waals surface area contributed by atoms with Crippen LogP contribution in [0.5, 0.6) is 0 Å². The number of carboxylic acids is 1. The molecule has 4 rings (SSSR count). The SMILES string of the molecule is CC(C)(C)OC(=O)N(c1ccc(Br)c(C(Cc2ccc(-c3ccccc3)nn2)NS(=O)(=O)c2cccnc2)n1)C(C(=O)O)C(C)(C)C. The lowest BCUT2D eigenvalue weighted by Gasteiger charge is -2.37. The molecule has 2 N–H and O–H groups in total. The van der Waals surface area contributed by atoms with E-state index < -0.39 is 45.2 Å². The summed E-state index contributed by atoms with van der Waals surface area (Å²) in [6.45, 7) is 10.1. The molecule has 47 heavy (non-hydrogen) atoms. The standard InChI is InChI=1S/C33H37BrN6O6S/c1-32(2,3)29(30(41)42)40(31(43)46-33(4,5)6)27-17-15-24(34)28(36-27)26(39-47(44,45)23-13-10-18-35-20-23)19-22-14-16-25(38-37-22)21-11-8-7-9-12-21/h7-18,20,26,29,39H,19H2,1-6H3,(H,41,42). The molecular weight excluding hydrogens is 688 g/mol. The number of carbonyl (C=O) groups is 2. The molecule has 12 nitrogen and oxygen atoms in total. The maximum absolute atomic E-state index is 13.6. The molecule has 0 spiro atoms. The van der Waals surface area contributed by atoms with Crippen LogP contribution in [0.1, 0.15) is 59.0 Å². The Kier molecular flexibility index (Phi) is 10.8. The molecule has 0 saturated carbocycles. The number of amides is 1. The van der Waals surface area contributed by atoms with Gasteiger partial charge in [0.15, 0.2) is 0 Å². The first-order valence-corrected chi connectivity index (χ1v) is 17.0. The monoisotopic (exact) mass is 724 g/mol. The van der Waals surface area contributed by atoms with Gasteiger partial charge in [0, 0.05) is 28.9 Å². The molecule has 2 unspecified atom stereocenters. The summed E-state index contributed by atoms with van der Waals surface area (Å²) in [5.41, 5.74) is 0.237. The number of halogens is 1. The van der Waals surface area contributed by atoms with E-state index in [4.69, 9.17) is 9.72 Å². The molecule has 0 aliphatic carbocycles. The number of pyridine rings is 2. The third-order valence-electron chi connectivity index (χ3n) is 6.78. The van der Waals surface area contributed by atoms with Crippen LogP contribution in [0.2, 0.25) is 0 Å². The van der Waals surface area contributed by atoms with Crippen molar-refractivity contribution in [1.29, 1.82) is 0 Å². The second-order valence-electron chi connectivity index (χ2n) is 12.8. The van der Waals surface area contributed by atoms with Crippen molar-refractivity contribution >= 4 is 43.8 Å². The molecule has 3 aromatic heterocycles. The van der Waals surface area contributed by atoms with Gasteiger partial charge >= 0.3 is 12.1 Å². The maximum Gasteiger partial charge on any atom is 0.416 e. The van der Waals surface area contributed by atoms with Crippen LogP contribution in [-0.4, -0.2) is 57.4 Å². The normalized spacial score (nSPS) is 13.4. The number of anilines is 1. The van der Waals surface area contributed by atoms with Gasteiger partial charge in [0.05, 0.1) is 23.1 Å². The molecule has 3 heterocycles. The number of nitrogens with zero attached hydrogens (tertiary/aromatic N) is 5. The van der Waals surface area contributed by atoms with Crippen LogP contribution in [-0.2, 0) is 26.0 Å². The van der Waals surface area contributed by atoms with Crippen molar-refractivity contribution in [2.45, 2.75) is 70.5 Å². The van der Waals surface area contributed by atoms with Crippen LogP contribution in [0.3, 0.4) is 0 Å². The van der Waals surface area contributed by atoms with E-state index in [1.54, 1.807) is 59.7 Å². The number of ether oxygens (including phenoxy) is 1. The van der Waals surface area contributed by atoms with Crippen molar-refractivity contribution in [3.8, 4) is 11.3 Å². The number of nitrogens with one attached hydrogen (secondary N) is 1. The highest BCUT2D eigenvalue weighted by molar-refractivity contribution is 9.10. The summed E-state index contributed by atoms with van der Waals surface area (Å²) in [6.07, 6.45) is 1.76. The van der Waals surface area contributed by atoms with Crippen molar-refractivity contribution in [3.63, 3.8) is 0 Å². The van der Waals surface area contributed by atoms with E-state index in [-0.39, 0.29) is 22.8 Å². The molecule has 2 atom stereocenters. The van der Waals surface area contributed by atoms with Crippen molar-refractivity contribution in [1.82, 2.24) is 24.9 Å². The minimum absolute atomic E-state index is 0.00465. The average Bonchev–Trinajstić information content (AvgIpc) is 2.99. The van der Waals surface area contributed by atoms with E-state index in [0.717, 1.165) is 10.5 Å². The third-order valence-corrected chi connectivity index (χ3v) is 8.91. The summed E-state index contributed by atoms with van der Waals surface area (Å²) in [5, 5.41) is 19.0. The number of aromatic nitrogens is 4. The average molecular weight is 726 g/mol. The first kappa shape index (κ1) is 35.6. The summed E-state index contributed by atoms with van der Waals surface area (Å²) in [5.74, 6) is -1.31. The van der Waals surface area contributed by atoms with Crippen molar-refractivity contribution in [2.24, 2.45) is 5.41 Å².